The number of amides is 1. The Hall–Kier alpha value is -3.80. The summed E-state index contributed by atoms with van der Waals surface area (Å²) in [5.41, 5.74) is -0.915. The van der Waals surface area contributed by atoms with Crippen molar-refractivity contribution in [3.63, 3.8) is 0 Å². The van der Waals surface area contributed by atoms with Crippen molar-refractivity contribution in [3.8, 4) is 17.6 Å². The Morgan fingerprint density at radius 1 is 1.22 bits per heavy atom. The molecule has 0 fully saturated rings. The van der Waals surface area contributed by atoms with E-state index < -0.39 is 17.2 Å². The molecule has 9 nitrogen and oxygen atoms in total. The van der Waals surface area contributed by atoms with Crippen LogP contribution in [-0.2, 0) is 18.9 Å². The predicted octanol–water partition coefficient (Wildman–Crippen LogP) is 0.401. The number of benzene rings is 1. The number of carbonyl (C=O) groups is 1. The highest BCUT2D eigenvalue weighted by Crippen LogP contribution is 2.32. The second-order valence-electron chi connectivity index (χ2n) is 5.82. The molecule has 0 unspecified atom stereocenters. The molecule has 0 bridgehead atoms. The van der Waals surface area contributed by atoms with E-state index in [4.69, 9.17) is 9.47 Å². The Bertz CT molecular complexity index is 1100. The monoisotopic (exact) mass is 368 g/mol. The first kappa shape index (κ1) is 18.0. The van der Waals surface area contributed by atoms with Gasteiger partial charge < -0.3 is 19.4 Å². The molecule has 0 aliphatic carbocycles. The highest BCUT2D eigenvalue weighted by atomic mass is 16.6. The van der Waals surface area contributed by atoms with Crippen molar-refractivity contribution >= 4 is 17.7 Å². The van der Waals surface area contributed by atoms with Crippen molar-refractivity contribution in [2.24, 2.45) is 14.1 Å². The molecular formula is C18H16N4O5. The number of nitrogens with one attached hydrogen (secondary N) is 1. The molecule has 27 heavy (non-hydrogen) atoms. The average Bonchev–Trinajstić information content (AvgIpc) is 2.67. The van der Waals surface area contributed by atoms with Crippen LogP contribution in [0.2, 0.25) is 0 Å². The van der Waals surface area contributed by atoms with Gasteiger partial charge in [0.15, 0.2) is 11.5 Å². The normalized spacial score (nSPS) is 13.0. The Balaban J connectivity index is 1.89. The van der Waals surface area contributed by atoms with Crippen LogP contribution in [0, 0.1) is 11.3 Å². The van der Waals surface area contributed by atoms with Crippen LogP contribution in [0.15, 0.2) is 39.6 Å². The van der Waals surface area contributed by atoms with Gasteiger partial charge in [-0.05, 0) is 18.2 Å². The third-order valence-corrected chi connectivity index (χ3v) is 3.94. The summed E-state index contributed by atoms with van der Waals surface area (Å²) >= 11 is 0. The van der Waals surface area contributed by atoms with Crippen LogP contribution in [0.25, 0.3) is 6.08 Å². The fraction of sp³-hybridized carbons (Fsp3) is 0.222. The van der Waals surface area contributed by atoms with Crippen LogP contribution in [0.4, 0.5) is 5.69 Å². The van der Waals surface area contributed by atoms with Crippen LogP contribution in [-0.4, -0.2) is 28.3 Å². The zero-order chi connectivity index (χ0) is 19.6. The Labute approximate surface area is 153 Å². The van der Waals surface area contributed by atoms with Crippen molar-refractivity contribution in [3.05, 3.63) is 56.4 Å². The summed E-state index contributed by atoms with van der Waals surface area (Å²) < 4.78 is 13.0. The van der Waals surface area contributed by atoms with E-state index in [0.717, 1.165) is 10.6 Å². The molecule has 0 spiro atoms. The largest absolute Gasteiger partial charge is 0.486 e. The summed E-state index contributed by atoms with van der Waals surface area (Å²) in [5.74, 6) is 0.377. The number of ether oxygens (including phenoxy) is 2. The van der Waals surface area contributed by atoms with Gasteiger partial charge in [-0.2, -0.15) is 5.26 Å². The lowest BCUT2D eigenvalue weighted by Gasteiger charge is -2.18. The van der Waals surface area contributed by atoms with Gasteiger partial charge in [0.1, 0.15) is 24.9 Å². The molecule has 138 valence electrons. The number of nitriles is 1. The van der Waals surface area contributed by atoms with E-state index in [9.17, 15) is 19.6 Å². The van der Waals surface area contributed by atoms with Gasteiger partial charge >= 0.3 is 5.69 Å². The molecule has 3 rings (SSSR count). The minimum absolute atomic E-state index is 0.0495. The lowest BCUT2D eigenvalue weighted by atomic mass is 10.1. The fourth-order valence-electron chi connectivity index (χ4n) is 2.56. The SMILES string of the molecule is Cn1cc(/C=C(\C#N)C(=O)Nc2ccc3c(c2)OCCO3)c(=O)n(C)c1=O. The van der Waals surface area contributed by atoms with Crippen molar-refractivity contribution < 1.29 is 14.3 Å². The van der Waals surface area contributed by atoms with Gasteiger partial charge in [0, 0.05) is 32.0 Å². The third-order valence-electron chi connectivity index (χ3n) is 3.94. The maximum atomic E-state index is 12.4. The quantitative estimate of drug-likeness (QED) is 0.619. The minimum Gasteiger partial charge on any atom is -0.486 e. The van der Waals surface area contributed by atoms with Gasteiger partial charge in [-0.25, -0.2) is 4.79 Å². The lowest BCUT2D eigenvalue weighted by Crippen LogP contribution is -2.37. The number of aromatic nitrogens is 2. The Kier molecular flexibility index (Phi) is 4.81. The average molecular weight is 368 g/mol. The van der Waals surface area contributed by atoms with E-state index in [2.05, 4.69) is 5.32 Å². The summed E-state index contributed by atoms with van der Waals surface area (Å²) in [4.78, 5) is 36.3. The maximum Gasteiger partial charge on any atom is 0.330 e. The molecule has 0 saturated carbocycles. The second-order valence-corrected chi connectivity index (χ2v) is 5.82. The first-order valence-electron chi connectivity index (χ1n) is 8.00. The zero-order valence-electron chi connectivity index (χ0n) is 14.7. The molecule has 0 radical (unpaired) electrons. The van der Waals surface area contributed by atoms with Gasteiger partial charge in [0.25, 0.3) is 11.5 Å². The van der Waals surface area contributed by atoms with Crippen molar-refractivity contribution in [2.45, 2.75) is 0 Å². The highest BCUT2D eigenvalue weighted by Gasteiger charge is 2.15. The summed E-state index contributed by atoms with van der Waals surface area (Å²) in [6.45, 7) is 0.859. The second kappa shape index (κ2) is 7.21. The summed E-state index contributed by atoms with van der Waals surface area (Å²) in [7, 11) is 2.80. The smallest absolute Gasteiger partial charge is 0.330 e. The maximum absolute atomic E-state index is 12.4. The van der Waals surface area contributed by atoms with E-state index in [0.29, 0.717) is 30.4 Å². The lowest BCUT2D eigenvalue weighted by molar-refractivity contribution is -0.112. The van der Waals surface area contributed by atoms with E-state index in [1.807, 2.05) is 0 Å². The van der Waals surface area contributed by atoms with Gasteiger partial charge in [-0.15, -0.1) is 0 Å². The third kappa shape index (κ3) is 3.59. The molecule has 1 amide bonds. The molecule has 2 aromatic rings. The number of rotatable bonds is 3. The molecule has 0 saturated heterocycles. The number of anilines is 1. The zero-order valence-corrected chi connectivity index (χ0v) is 14.7. The van der Waals surface area contributed by atoms with Crippen LogP contribution >= 0.6 is 0 Å². The number of aryl methyl sites for hydroxylation is 1. The van der Waals surface area contributed by atoms with Gasteiger partial charge in [0.05, 0.1) is 5.56 Å². The molecule has 1 aliphatic heterocycles. The van der Waals surface area contributed by atoms with Crippen LogP contribution < -0.4 is 26.0 Å². The van der Waals surface area contributed by atoms with Crippen molar-refractivity contribution in [2.75, 3.05) is 18.5 Å². The molecule has 1 aliphatic rings. The number of hydrogen-bond donors (Lipinski definition) is 1. The Morgan fingerprint density at radius 3 is 2.63 bits per heavy atom. The van der Waals surface area contributed by atoms with E-state index in [-0.39, 0.29) is 11.1 Å². The molecule has 2 heterocycles. The molecule has 1 N–H and O–H groups in total. The van der Waals surface area contributed by atoms with Gasteiger partial charge in [-0.3, -0.25) is 14.2 Å². The molecule has 1 aromatic heterocycles. The molecule has 9 heteroatoms. The molecular weight excluding hydrogens is 352 g/mol. The summed E-state index contributed by atoms with van der Waals surface area (Å²) in [6.07, 6.45) is 2.43. The van der Waals surface area contributed by atoms with Crippen LogP contribution in [0.5, 0.6) is 11.5 Å². The van der Waals surface area contributed by atoms with E-state index >= 15 is 0 Å². The summed E-state index contributed by atoms with van der Waals surface area (Å²) in [6, 6.07) is 6.63. The number of carbonyl (C=O) groups excluding carboxylic acids is 1. The van der Waals surface area contributed by atoms with Crippen molar-refractivity contribution in [1.29, 1.82) is 5.26 Å². The van der Waals surface area contributed by atoms with E-state index in [1.165, 1.54) is 24.9 Å². The number of hydrogen-bond acceptors (Lipinski definition) is 6. The van der Waals surface area contributed by atoms with E-state index in [1.54, 1.807) is 24.3 Å². The number of nitrogens with zero attached hydrogens (tertiary/aromatic N) is 3. The fourth-order valence-corrected chi connectivity index (χ4v) is 2.56. The van der Waals surface area contributed by atoms with Gasteiger partial charge in [-0.1, -0.05) is 0 Å². The van der Waals surface area contributed by atoms with Crippen LogP contribution in [0.1, 0.15) is 5.56 Å². The van der Waals surface area contributed by atoms with Crippen LogP contribution in [0.3, 0.4) is 0 Å². The van der Waals surface area contributed by atoms with Crippen molar-refractivity contribution in [1.82, 2.24) is 9.13 Å². The topological polar surface area (TPSA) is 115 Å². The first-order chi connectivity index (χ1) is 12.9. The Morgan fingerprint density at radius 2 is 1.93 bits per heavy atom. The first-order valence-corrected chi connectivity index (χ1v) is 8.00. The summed E-state index contributed by atoms with van der Waals surface area (Å²) in [5, 5.41) is 11.9. The number of fused-ring (bicyclic) bond motifs is 1. The highest BCUT2D eigenvalue weighted by molar-refractivity contribution is 6.09. The standard InChI is InChI=1S/C18H16N4O5/c1-21-10-12(17(24)22(2)18(21)25)7-11(9-19)16(23)20-13-3-4-14-15(8-13)27-6-5-26-14/h3-4,7-8,10H,5-6H2,1-2H3,(H,20,23)/b11-7+. The minimum atomic E-state index is -0.690. The predicted molar refractivity (Wildman–Crippen MR) is 96.6 cm³/mol. The molecule has 1 aromatic carbocycles. The van der Waals surface area contributed by atoms with Gasteiger partial charge in [0.2, 0.25) is 0 Å². The molecule has 0 atom stereocenters.